The van der Waals surface area contributed by atoms with Crippen molar-refractivity contribution in [1.29, 1.82) is 0 Å². The van der Waals surface area contributed by atoms with Crippen molar-refractivity contribution in [3.05, 3.63) is 60.2 Å². The highest BCUT2D eigenvalue weighted by molar-refractivity contribution is 7.89. The van der Waals surface area contributed by atoms with Crippen LogP contribution in [0.1, 0.15) is 32.3 Å². The molecule has 12 heteroatoms. The molecule has 42 heavy (non-hydrogen) atoms. The maximum Gasteiger partial charge on any atom is 0.407 e. The van der Waals surface area contributed by atoms with Crippen molar-refractivity contribution in [2.24, 2.45) is 23.7 Å². The SMILES string of the molecule is CC(C)CCN(CC(O)C(Cc1ccccc1)NC(=O)OC1C2COC3OCC1C3C2)NS(=O)(=O)c1ccc(N)cc1. The number of carbonyl (C=O) groups is 1. The summed E-state index contributed by atoms with van der Waals surface area (Å²) in [6, 6.07) is 14.7. The predicted molar refractivity (Wildman–Crippen MR) is 156 cm³/mol. The molecule has 7 unspecified atom stereocenters. The highest BCUT2D eigenvalue weighted by Gasteiger charge is 2.56. The van der Waals surface area contributed by atoms with Gasteiger partial charge >= 0.3 is 6.09 Å². The van der Waals surface area contributed by atoms with Crippen LogP contribution in [-0.2, 0) is 30.7 Å². The molecular weight excluding hydrogens is 560 g/mol. The summed E-state index contributed by atoms with van der Waals surface area (Å²) in [5.74, 6) is 0.751. The summed E-state index contributed by atoms with van der Waals surface area (Å²) in [5.41, 5.74) is 7.10. The first kappa shape index (κ1) is 30.7. The third kappa shape index (κ3) is 7.42. The number of rotatable bonds is 13. The van der Waals surface area contributed by atoms with Crippen molar-refractivity contribution in [3.63, 3.8) is 0 Å². The molecular formula is C30H42N4O7S. The van der Waals surface area contributed by atoms with E-state index in [0.29, 0.717) is 44.2 Å². The normalized spacial score (nSPS) is 26.4. The molecule has 1 saturated carbocycles. The summed E-state index contributed by atoms with van der Waals surface area (Å²) in [6.07, 6.45) is -0.351. The fourth-order valence-corrected chi connectivity index (χ4v) is 7.23. The van der Waals surface area contributed by atoms with Crippen LogP contribution in [0.5, 0.6) is 0 Å². The Balaban J connectivity index is 1.29. The average Bonchev–Trinajstić information content (AvgIpc) is 3.48. The molecule has 0 aromatic heterocycles. The highest BCUT2D eigenvalue weighted by Crippen LogP contribution is 2.49. The van der Waals surface area contributed by atoms with Gasteiger partial charge in [0.15, 0.2) is 6.29 Å². The number of anilines is 1. The number of amides is 1. The Kier molecular flexibility index (Phi) is 9.70. The molecule has 3 aliphatic rings. The summed E-state index contributed by atoms with van der Waals surface area (Å²) < 4.78 is 43.8. The number of hydrazine groups is 1. The lowest BCUT2D eigenvalue weighted by atomic mass is 9.98. The molecule has 11 nitrogen and oxygen atoms in total. The van der Waals surface area contributed by atoms with Gasteiger partial charge in [-0.3, -0.25) is 0 Å². The van der Waals surface area contributed by atoms with Gasteiger partial charge in [0, 0.05) is 36.5 Å². The number of aliphatic hydroxyl groups excluding tert-OH is 1. The van der Waals surface area contributed by atoms with Crippen LogP contribution in [0.2, 0.25) is 0 Å². The van der Waals surface area contributed by atoms with E-state index in [4.69, 9.17) is 19.9 Å². The monoisotopic (exact) mass is 602 g/mol. The van der Waals surface area contributed by atoms with Crippen molar-refractivity contribution in [2.45, 2.75) is 62.5 Å². The number of benzene rings is 2. The van der Waals surface area contributed by atoms with Gasteiger partial charge in [0.25, 0.3) is 10.0 Å². The van der Waals surface area contributed by atoms with Gasteiger partial charge in [0.05, 0.1) is 30.3 Å². The smallest absolute Gasteiger partial charge is 0.407 e. The molecule has 230 valence electrons. The second kappa shape index (κ2) is 13.3. The molecule has 3 fully saturated rings. The lowest BCUT2D eigenvalue weighted by Gasteiger charge is -2.31. The van der Waals surface area contributed by atoms with E-state index < -0.39 is 28.3 Å². The van der Waals surface area contributed by atoms with Crippen LogP contribution in [0.4, 0.5) is 10.5 Å². The molecule has 5 rings (SSSR count). The third-order valence-corrected chi connectivity index (χ3v) is 9.81. The van der Waals surface area contributed by atoms with E-state index in [9.17, 15) is 18.3 Å². The van der Waals surface area contributed by atoms with Crippen LogP contribution in [0.25, 0.3) is 0 Å². The maximum atomic E-state index is 13.2. The maximum absolute atomic E-state index is 13.2. The van der Waals surface area contributed by atoms with Gasteiger partial charge in [0.1, 0.15) is 6.10 Å². The number of nitrogens with one attached hydrogen (secondary N) is 2. The quantitative estimate of drug-likeness (QED) is 0.200. The van der Waals surface area contributed by atoms with E-state index in [1.807, 2.05) is 44.2 Å². The molecule has 2 bridgehead atoms. The van der Waals surface area contributed by atoms with E-state index in [1.54, 1.807) is 0 Å². The topological polar surface area (TPSA) is 152 Å². The van der Waals surface area contributed by atoms with Gasteiger partial charge < -0.3 is 30.4 Å². The number of sulfonamides is 1. The highest BCUT2D eigenvalue weighted by atomic mass is 32.2. The fraction of sp³-hybridized carbons (Fsp3) is 0.567. The first-order valence-corrected chi connectivity index (χ1v) is 16.1. The number of alkyl carbamates (subject to hydrolysis) is 1. The summed E-state index contributed by atoms with van der Waals surface area (Å²) in [4.78, 5) is 15.9. The number of aliphatic hydroxyl groups is 1. The summed E-state index contributed by atoms with van der Waals surface area (Å²) in [5, 5.41) is 15.9. The van der Waals surface area contributed by atoms with Crippen LogP contribution < -0.4 is 15.9 Å². The Morgan fingerprint density at radius 3 is 2.52 bits per heavy atom. The molecule has 2 aliphatic heterocycles. The zero-order valence-electron chi connectivity index (χ0n) is 24.1. The number of nitrogens with two attached hydrogens (primary N) is 1. The third-order valence-electron chi connectivity index (χ3n) is 8.42. The standard InChI is InChI=1S/C30H42N4O7S/c1-19(2)12-13-34(33-42(37,38)23-10-8-22(31)9-11-23)16-27(35)26(14-20-6-4-3-5-7-20)32-30(36)41-28-21-15-24-25(28)18-40-29(24)39-17-21/h3-11,19,21,24-29,33,35H,12-18,31H2,1-2H3,(H,32,36). The fourth-order valence-electron chi connectivity index (χ4n) is 6.12. The Hall–Kier alpha value is -2.74. The van der Waals surface area contributed by atoms with Crippen LogP contribution in [0, 0.1) is 23.7 Å². The van der Waals surface area contributed by atoms with Gasteiger partial charge in [-0.15, -0.1) is 4.83 Å². The molecule has 2 aromatic rings. The molecule has 1 aliphatic carbocycles. The van der Waals surface area contributed by atoms with Gasteiger partial charge in [0.2, 0.25) is 0 Å². The molecule has 2 saturated heterocycles. The van der Waals surface area contributed by atoms with Crippen LogP contribution in [-0.4, -0.2) is 75.5 Å². The van der Waals surface area contributed by atoms with E-state index >= 15 is 0 Å². The number of hydrogen-bond donors (Lipinski definition) is 4. The molecule has 0 radical (unpaired) electrons. The van der Waals surface area contributed by atoms with Crippen molar-refractivity contribution in [3.8, 4) is 0 Å². The lowest BCUT2D eigenvalue weighted by molar-refractivity contribution is -0.169. The molecule has 1 amide bonds. The van der Waals surface area contributed by atoms with E-state index in [-0.39, 0.29) is 41.6 Å². The molecule has 2 aromatic carbocycles. The van der Waals surface area contributed by atoms with E-state index in [0.717, 1.165) is 12.0 Å². The minimum atomic E-state index is -3.93. The number of nitrogen functional groups attached to an aromatic ring is 1. The minimum absolute atomic E-state index is 0.0567. The Bertz CT molecular complexity index is 1290. The number of fused-ring (bicyclic) bond motifs is 1. The van der Waals surface area contributed by atoms with Crippen molar-refractivity contribution < 1.29 is 32.5 Å². The first-order chi connectivity index (χ1) is 20.1. The molecule has 2 heterocycles. The minimum Gasteiger partial charge on any atom is -0.445 e. The predicted octanol–water partition coefficient (Wildman–Crippen LogP) is 2.52. The summed E-state index contributed by atoms with van der Waals surface area (Å²) >= 11 is 0. The average molecular weight is 603 g/mol. The zero-order chi connectivity index (χ0) is 29.9. The largest absolute Gasteiger partial charge is 0.445 e. The molecule has 5 N–H and O–H groups in total. The number of ether oxygens (including phenoxy) is 3. The second-order valence-corrected chi connectivity index (χ2v) is 13.7. The van der Waals surface area contributed by atoms with Gasteiger partial charge in [-0.1, -0.05) is 44.2 Å². The number of hydrogen-bond acceptors (Lipinski definition) is 9. The van der Waals surface area contributed by atoms with Gasteiger partial charge in [-0.2, -0.15) is 0 Å². The van der Waals surface area contributed by atoms with Gasteiger partial charge in [-0.25, -0.2) is 18.2 Å². The van der Waals surface area contributed by atoms with Crippen LogP contribution >= 0.6 is 0 Å². The second-order valence-electron chi connectivity index (χ2n) is 12.0. The molecule has 7 atom stereocenters. The Morgan fingerprint density at radius 1 is 1.10 bits per heavy atom. The Labute approximate surface area is 247 Å². The van der Waals surface area contributed by atoms with E-state index in [2.05, 4.69) is 10.1 Å². The van der Waals surface area contributed by atoms with Crippen LogP contribution in [0.15, 0.2) is 59.5 Å². The first-order valence-electron chi connectivity index (χ1n) is 14.6. The number of carbonyl (C=O) groups excluding carboxylic acids is 1. The van der Waals surface area contributed by atoms with Crippen molar-refractivity contribution in [1.82, 2.24) is 15.2 Å². The van der Waals surface area contributed by atoms with Crippen LogP contribution in [0.3, 0.4) is 0 Å². The number of nitrogens with zero attached hydrogens (tertiary/aromatic N) is 1. The lowest BCUT2D eigenvalue weighted by Crippen LogP contribution is -2.54. The van der Waals surface area contributed by atoms with Crippen molar-refractivity contribution >= 4 is 21.8 Å². The summed E-state index contributed by atoms with van der Waals surface area (Å²) in [7, 11) is -3.93. The summed E-state index contributed by atoms with van der Waals surface area (Å²) in [6.45, 7) is 5.38. The van der Waals surface area contributed by atoms with Crippen molar-refractivity contribution in [2.75, 3.05) is 32.0 Å². The molecule has 0 spiro atoms. The van der Waals surface area contributed by atoms with Gasteiger partial charge in [-0.05, 0) is 55.0 Å². The van der Waals surface area contributed by atoms with E-state index in [1.165, 1.54) is 29.3 Å². The zero-order valence-corrected chi connectivity index (χ0v) is 24.9. The Morgan fingerprint density at radius 2 is 1.81 bits per heavy atom.